The summed E-state index contributed by atoms with van der Waals surface area (Å²) in [6.45, 7) is 2.14. The average molecular weight is 206 g/mol. The van der Waals surface area contributed by atoms with E-state index in [0.29, 0.717) is 12.2 Å². The van der Waals surface area contributed by atoms with Crippen molar-refractivity contribution in [2.75, 3.05) is 12.4 Å². The van der Waals surface area contributed by atoms with E-state index in [0.717, 1.165) is 19.3 Å². The third-order valence-electron chi connectivity index (χ3n) is 2.83. The number of aliphatic hydroxyl groups is 1. The molecule has 3 nitrogen and oxygen atoms in total. The van der Waals surface area contributed by atoms with Gasteiger partial charge in [-0.3, -0.25) is 0 Å². The van der Waals surface area contributed by atoms with Crippen molar-refractivity contribution in [2.45, 2.75) is 37.9 Å². The Kier molecular flexibility index (Phi) is 3.74. The second-order valence-corrected chi connectivity index (χ2v) is 6.23. The standard InChI is InChI=1S/C9H18O3S/c1-8(4-2-6-10)9-5-3-7-13(9,11)12/h8-10H,2-7H2,1H3. The minimum Gasteiger partial charge on any atom is -0.396 e. The van der Waals surface area contributed by atoms with Gasteiger partial charge in [0.1, 0.15) is 0 Å². The molecule has 0 aliphatic carbocycles. The summed E-state index contributed by atoms with van der Waals surface area (Å²) in [5.74, 6) is 0.570. The van der Waals surface area contributed by atoms with Gasteiger partial charge >= 0.3 is 0 Å². The highest BCUT2D eigenvalue weighted by Crippen LogP contribution is 2.28. The zero-order valence-corrected chi connectivity index (χ0v) is 8.89. The first kappa shape index (κ1) is 11.0. The first-order chi connectivity index (χ1) is 6.08. The fourth-order valence-electron chi connectivity index (χ4n) is 2.05. The SMILES string of the molecule is CC(CCCO)C1CCCS1(=O)=O. The lowest BCUT2D eigenvalue weighted by Gasteiger charge is -2.17. The highest BCUT2D eigenvalue weighted by Gasteiger charge is 2.34. The van der Waals surface area contributed by atoms with E-state index in [4.69, 9.17) is 5.11 Å². The van der Waals surface area contributed by atoms with E-state index in [1.165, 1.54) is 0 Å². The highest BCUT2D eigenvalue weighted by molar-refractivity contribution is 7.92. The molecule has 0 saturated carbocycles. The van der Waals surface area contributed by atoms with E-state index in [1.807, 2.05) is 6.92 Å². The molecule has 1 aliphatic heterocycles. The van der Waals surface area contributed by atoms with Crippen molar-refractivity contribution in [3.05, 3.63) is 0 Å². The zero-order valence-electron chi connectivity index (χ0n) is 8.07. The van der Waals surface area contributed by atoms with E-state index < -0.39 is 9.84 Å². The second-order valence-electron chi connectivity index (χ2n) is 3.89. The number of aliphatic hydroxyl groups excluding tert-OH is 1. The van der Waals surface area contributed by atoms with Crippen LogP contribution in [0.5, 0.6) is 0 Å². The summed E-state index contributed by atoms with van der Waals surface area (Å²) in [7, 11) is -2.80. The first-order valence-electron chi connectivity index (χ1n) is 4.90. The van der Waals surface area contributed by atoms with Crippen molar-refractivity contribution in [3.8, 4) is 0 Å². The van der Waals surface area contributed by atoms with Gasteiger partial charge in [0, 0.05) is 6.61 Å². The van der Waals surface area contributed by atoms with Gasteiger partial charge in [-0.25, -0.2) is 8.42 Å². The largest absolute Gasteiger partial charge is 0.396 e. The predicted octanol–water partition coefficient (Wildman–Crippen LogP) is 0.972. The van der Waals surface area contributed by atoms with Crippen molar-refractivity contribution < 1.29 is 13.5 Å². The number of hydrogen-bond acceptors (Lipinski definition) is 3. The van der Waals surface area contributed by atoms with Gasteiger partial charge in [-0.1, -0.05) is 6.92 Å². The molecule has 0 aromatic heterocycles. The molecule has 0 spiro atoms. The lowest BCUT2D eigenvalue weighted by molar-refractivity contribution is 0.272. The van der Waals surface area contributed by atoms with Crippen molar-refractivity contribution >= 4 is 9.84 Å². The fourth-order valence-corrected chi connectivity index (χ4v) is 4.30. The summed E-state index contributed by atoms with van der Waals surface area (Å²) in [5, 5.41) is 8.50. The van der Waals surface area contributed by atoms with Crippen LogP contribution in [0, 0.1) is 5.92 Å². The first-order valence-corrected chi connectivity index (χ1v) is 6.62. The maximum Gasteiger partial charge on any atom is 0.153 e. The molecule has 0 aromatic rings. The lowest BCUT2D eigenvalue weighted by atomic mass is 9.99. The Hall–Kier alpha value is -0.0900. The second kappa shape index (κ2) is 4.42. The quantitative estimate of drug-likeness (QED) is 0.745. The summed E-state index contributed by atoms with van der Waals surface area (Å²) < 4.78 is 23.0. The van der Waals surface area contributed by atoms with E-state index in [9.17, 15) is 8.42 Å². The van der Waals surface area contributed by atoms with Crippen molar-refractivity contribution in [1.29, 1.82) is 0 Å². The fraction of sp³-hybridized carbons (Fsp3) is 1.00. The number of hydrogen-bond donors (Lipinski definition) is 1. The molecule has 0 bridgehead atoms. The van der Waals surface area contributed by atoms with Gasteiger partial charge in [-0.15, -0.1) is 0 Å². The van der Waals surface area contributed by atoms with Gasteiger partial charge in [-0.2, -0.15) is 0 Å². The van der Waals surface area contributed by atoms with Crippen molar-refractivity contribution in [2.24, 2.45) is 5.92 Å². The van der Waals surface area contributed by atoms with Gasteiger partial charge in [0.05, 0.1) is 11.0 Å². The van der Waals surface area contributed by atoms with E-state index in [2.05, 4.69) is 0 Å². The van der Waals surface area contributed by atoms with E-state index in [-0.39, 0.29) is 17.8 Å². The molecule has 78 valence electrons. The van der Waals surface area contributed by atoms with Crippen LogP contribution in [-0.2, 0) is 9.84 Å². The molecular formula is C9H18O3S. The molecule has 0 aromatic carbocycles. The van der Waals surface area contributed by atoms with Crippen LogP contribution in [0.25, 0.3) is 0 Å². The Morgan fingerprint density at radius 3 is 2.69 bits per heavy atom. The molecule has 0 amide bonds. The van der Waals surface area contributed by atoms with Crippen LogP contribution < -0.4 is 0 Å². The summed E-state index contributed by atoms with van der Waals surface area (Å²) in [6, 6.07) is 0. The van der Waals surface area contributed by atoms with Gasteiger partial charge < -0.3 is 5.11 Å². The van der Waals surface area contributed by atoms with Crippen LogP contribution in [-0.4, -0.2) is 31.1 Å². The van der Waals surface area contributed by atoms with Gasteiger partial charge in [-0.05, 0) is 31.6 Å². The predicted molar refractivity (Wildman–Crippen MR) is 52.3 cm³/mol. The van der Waals surface area contributed by atoms with E-state index >= 15 is 0 Å². The van der Waals surface area contributed by atoms with Crippen LogP contribution in [0.4, 0.5) is 0 Å². The molecule has 0 radical (unpaired) electrons. The lowest BCUT2D eigenvalue weighted by Crippen LogP contribution is -2.24. The molecule has 1 rings (SSSR count). The summed E-state index contributed by atoms with van der Waals surface area (Å²) in [6.07, 6.45) is 3.17. The zero-order chi connectivity index (χ0) is 9.90. The molecule has 1 heterocycles. The molecule has 1 fully saturated rings. The minimum atomic E-state index is -2.80. The van der Waals surface area contributed by atoms with Crippen molar-refractivity contribution in [3.63, 3.8) is 0 Å². The van der Waals surface area contributed by atoms with Crippen LogP contribution in [0.1, 0.15) is 32.6 Å². The van der Waals surface area contributed by atoms with Crippen LogP contribution in [0.2, 0.25) is 0 Å². The van der Waals surface area contributed by atoms with Crippen LogP contribution >= 0.6 is 0 Å². The highest BCUT2D eigenvalue weighted by atomic mass is 32.2. The topological polar surface area (TPSA) is 54.4 Å². The van der Waals surface area contributed by atoms with Crippen LogP contribution in [0.3, 0.4) is 0 Å². The van der Waals surface area contributed by atoms with Crippen molar-refractivity contribution in [1.82, 2.24) is 0 Å². The number of rotatable bonds is 4. The maximum absolute atomic E-state index is 11.5. The van der Waals surface area contributed by atoms with Gasteiger partial charge in [0.25, 0.3) is 0 Å². The molecule has 1 N–H and O–H groups in total. The smallest absolute Gasteiger partial charge is 0.153 e. The average Bonchev–Trinajstić information content (AvgIpc) is 2.41. The molecule has 4 heteroatoms. The Labute approximate surface area is 80.1 Å². The van der Waals surface area contributed by atoms with Gasteiger partial charge in [0.2, 0.25) is 0 Å². The third kappa shape index (κ3) is 2.68. The Balaban J connectivity index is 2.51. The Bertz CT molecular complexity index is 246. The number of sulfone groups is 1. The van der Waals surface area contributed by atoms with Crippen LogP contribution in [0.15, 0.2) is 0 Å². The Morgan fingerprint density at radius 2 is 2.23 bits per heavy atom. The summed E-state index contributed by atoms with van der Waals surface area (Å²) >= 11 is 0. The maximum atomic E-state index is 11.5. The minimum absolute atomic E-state index is 0.140. The summed E-state index contributed by atoms with van der Waals surface area (Å²) in [4.78, 5) is 0. The molecule has 2 unspecified atom stereocenters. The normalized spacial score (nSPS) is 28.9. The van der Waals surface area contributed by atoms with Gasteiger partial charge in [0.15, 0.2) is 9.84 Å². The summed E-state index contributed by atoms with van der Waals surface area (Å²) in [5.41, 5.74) is 0. The molecular weight excluding hydrogens is 188 g/mol. The monoisotopic (exact) mass is 206 g/mol. The molecule has 1 aliphatic rings. The molecule has 13 heavy (non-hydrogen) atoms. The molecule has 2 atom stereocenters. The van der Waals surface area contributed by atoms with E-state index in [1.54, 1.807) is 0 Å². The third-order valence-corrected chi connectivity index (χ3v) is 5.31. The molecule has 1 saturated heterocycles. The Morgan fingerprint density at radius 1 is 1.54 bits per heavy atom.